The van der Waals surface area contributed by atoms with E-state index in [1.807, 2.05) is 6.07 Å². The van der Waals surface area contributed by atoms with Crippen molar-refractivity contribution in [1.82, 2.24) is 0 Å². The van der Waals surface area contributed by atoms with E-state index < -0.39 is 0 Å². The van der Waals surface area contributed by atoms with E-state index in [-0.39, 0.29) is 0 Å². The number of para-hydroxylation sites is 1. The second-order valence-corrected chi connectivity index (χ2v) is 6.34. The normalized spacial score (nSPS) is 24.6. The maximum absolute atomic E-state index is 6.13. The number of nitrogens with two attached hydrogens (primary N) is 1. The van der Waals surface area contributed by atoms with Gasteiger partial charge in [0.25, 0.3) is 0 Å². The Morgan fingerprint density at radius 3 is 2.63 bits per heavy atom. The first-order valence-corrected chi connectivity index (χ1v) is 7.90. The van der Waals surface area contributed by atoms with Crippen molar-refractivity contribution in [2.45, 2.75) is 38.1 Å². The third-order valence-corrected chi connectivity index (χ3v) is 5.00. The summed E-state index contributed by atoms with van der Waals surface area (Å²) in [4.78, 5) is 6.73. The predicted molar refractivity (Wildman–Crippen MR) is 83.5 cm³/mol. The van der Waals surface area contributed by atoms with Crippen molar-refractivity contribution in [3.8, 4) is 0 Å². The van der Waals surface area contributed by atoms with Crippen LogP contribution in [0, 0.1) is 5.92 Å². The summed E-state index contributed by atoms with van der Waals surface area (Å²) in [6.07, 6.45) is 6.72. The zero-order valence-electron chi connectivity index (χ0n) is 11.1. The van der Waals surface area contributed by atoms with Crippen LogP contribution in [0.15, 0.2) is 33.7 Å². The summed E-state index contributed by atoms with van der Waals surface area (Å²) in [6, 6.07) is 8.72. The predicted octanol–water partition coefficient (Wildman–Crippen LogP) is 3.53. The average molecular weight is 322 g/mol. The van der Waals surface area contributed by atoms with Crippen LogP contribution < -0.4 is 10.6 Å². The number of nitrogens with zero attached hydrogens (tertiary/aromatic N) is 2. The highest BCUT2D eigenvalue weighted by Crippen LogP contribution is 2.36. The molecule has 1 unspecified atom stereocenters. The van der Waals surface area contributed by atoms with Crippen molar-refractivity contribution >= 4 is 27.6 Å². The van der Waals surface area contributed by atoms with Gasteiger partial charge in [0, 0.05) is 4.47 Å². The van der Waals surface area contributed by atoms with Gasteiger partial charge in [-0.15, -0.1) is 0 Å². The monoisotopic (exact) mass is 321 g/mol. The molecule has 0 radical (unpaired) electrons. The molecule has 102 valence electrons. The smallest absolute Gasteiger partial charge is 0.196 e. The quantitative estimate of drug-likeness (QED) is 0.905. The molecule has 1 atom stereocenters. The van der Waals surface area contributed by atoms with Crippen molar-refractivity contribution < 1.29 is 0 Å². The van der Waals surface area contributed by atoms with Crippen LogP contribution in [0.3, 0.4) is 0 Å². The molecular weight excluding hydrogens is 302 g/mol. The van der Waals surface area contributed by atoms with Crippen LogP contribution in [-0.4, -0.2) is 18.5 Å². The number of halogens is 1. The molecule has 4 heteroatoms. The lowest BCUT2D eigenvalue weighted by Crippen LogP contribution is -2.45. The van der Waals surface area contributed by atoms with Crippen LogP contribution in [0.1, 0.15) is 32.1 Å². The molecule has 1 aliphatic heterocycles. The van der Waals surface area contributed by atoms with Crippen LogP contribution in [0.2, 0.25) is 0 Å². The molecule has 1 fully saturated rings. The summed E-state index contributed by atoms with van der Waals surface area (Å²) < 4.78 is 1.09. The third-order valence-electron chi connectivity index (χ3n) is 4.32. The molecule has 0 aromatic heterocycles. The van der Waals surface area contributed by atoms with Crippen LogP contribution in [0.5, 0.6) is 0 Å². The van der Waals surface area contributed by atoms with Gasteiger partial charge in [0.1, 0.15) is 0 Å². The van der Waals surface area contributed by atoms with Crippen molar-refractivity contribution in [3.63, 3.8) is 0 Å². The topological polar surface area (TPSA) is 41.6 Å². The van der Waals surface area contributed by atoms with Crippen LogP contribution >= 0.6 is 15.9 Å². The van der Waals surface area contributed by atoms with Gasteiger partial charge < -0.3 is 10.6 Å². The van der Waals surface area contributed by atoms with Crippen molar-refractivity contribution in [2.24, 2.45) is 16.6 Å². The fraction of sp³-hybridized carbons (Fsp3) is 0.533. The van der Waals surface area contributed by atoms with E-state index in [9.17, 15) is 0 Å². The number of anilines is 1. The first-order chi connectivity index (χ1) is 9.27. The highest BCUT2D eigenvalue weighted by molar-refractivity contribution is 9.10. The molecule has 2 aliphatic rings. The van der Waals surface area contributed by atoms with Crippen LogP contribution in [-0.2, 0) is 0 Å². The second kappa shape index (κ2) is 5.53. The highest BCUT2D eigenvalue weighted by atomic mass is 79.9. The first kappa shape index (κ1) is 13.0. The average Bonchev–Trinajstić information content (AvgIpc) is 2.82. The second-order valence-electron chi connectivity index (χ2n) is 5.49. The molecular formula is C15H20BrN3. The molecule has 0 bridgehead atoms. The van der Waals surface area contributed by atoms with E-state index in [2.05, 4.69) is 44.0 Å². The van der Waals surface area contributed by atoms with Crippen molar-refractivity contribution in [1.29, 1.82) is 0 Å². The fourth-order valence-corrected chi connectivity index (χ4v) is 3.82. The number of hydrogen-bond acceptors (Lipinski definition) is 3. The van der Waals surface area contributed by atoms with Gasteiger partial charge in [-0.25, -0.2) is 0 Å². The van der Waals surface area contributed by atoms with Crippen molar-refractivity contribution in [2.75, 3.05) is 11.4 Å². The summed E-state index contributed by atoms with van der Waals surface area (Å²) in [5.74, 6) is 1.40. The Hall–Kier alpha value is -1.03. The Kier molecular flexibility index (Phi) is 3.78. The van der Waals surface area contributed by atoms with Crippen LogP contribution in [0.25, 0.3) is 0 Å². The van der Waals surface area contributed by atoms with E-state index in [0.717, 1.165) is 22.6 Å². The van der Waals surface area contributed by atoms with E-state index in [4.69, 9.17) is 5.73 Å². The Morgan fingerprint density at radius 1 is 1.16 bits per heavy atom. The number of aliphatic imine (C=N–C) groups is 1. The lowest BCUT2D eigenvalue weighted by molar-refractivity contribution is 0.314. The van der Waals surface area contributed by atoms with E-state index in [1.165, 1.54) is 32.1 Å². The number of rotatable bonds is 2. The van der Waals surface area contributed by atoms with Gasteiger partial charge in [-0.05, 0) is 46.8 Å². The molecule has 3 rings (SSSR count). The van der Waals surface area contributed by atoms with Gasteiger partial charge in [-0.2, -0.15) is 0 Å². The lowest BCUT2D eigenvalue weighted by atomic mass is 9.83. The zero-order valence-corrected chi connectivity index (χ0v) is 12.6. The molecule has 1 heterocycles. The molecule has 0 spiro atoms. The van der Waals surface area contributed by atoms with E-state index in [1.54, 1.807) is 0 Å². The maximum atomic E-state index is 6.13. The molecule has 0 saturated heterocycles. The standard InChI is InChI=1S/C15H20BrN3/c16-12-8-4-5-9-13(12)19-14(10-18-15(19)17)11-6-2-1-3-7-11/h4-5,8-9,11,14H,1-3,6-7,10H2,(H2,17,18). The summed E-state index contributed by atoms with van der Waals surface area (Å²) in [6.45, 7) is 0.845. The summed E-state index contributed by atoms with van der Waals surface area (Å²) in [7, 11) is 0. The molecule has 3 nitrogen and oxygen atoms in total. The zero-order chi connectivity index (χ0) is 13.2. The number of guanidine groups is 1. The largest absolute Gasteiger partial charge is 0.370 e. The first-order valence-electron chi connectivity index (χ1n) is 7.11. The Morgan fingerprint density at radius 2 is 1.89 bits per heavy atom. The summed E-state index contributed by atoms with van der Waals surface area (Å²) >= 11 is 3.63. The van der Waals surface area contributed by atoms with Crippen LogP contribution in [0.4, 0.5) is 5.69 Å². The molecule has 2 N–H and O–H groups in total. The Balaban J connectivity index is 1.88. The maximum Gasteiger partial charge on any atom is 0.196 e. The molecule has 1 aliphatic carbocycles. The van der Waals surface area contributed by atoms with E-state index >= 15 is 0 Å². The minimum atomic E-state index is 0.444. The van der Waals surface area contributed by atoms with Gasteiger partial charge in [0.15, 0.2) is 5.96 Å². The minimum absolute atomic E-state index is 0.444. The highest BCUT2D eigenvalue weighted by Gasteiger charge is 2.35. The van der Waals surface area contributed by atoms with Gasteiger partial charge in [-0.1, -0.05) is 31.4 Å². The Bertz CT molecular complexity index is 480. The summed E-state index contributed by atoms with van der Waals surface area (Å²) in [5.41, 5.74) is 7.28. The van der Waals surface area contributed by atoms with Gasteiger partial charge in [-0.3, -0.25) is 4.99 Å². The fourth-order valence-electron chi connectivity index (χ4n) is 3.34. The third kappa shape index (κ3) is 2.50. The number of benzene rings is 1. The molecule has 19 heavy (non-hydrogen) atoms. The SMILES string of the molecule is NC1=NCC(C2CCCCC2)N1c1ccccc1Br. The Labute approximate surface area is 123 Å². The van der Waals surface area contributed by atoms with E-state index in [0.29, 0.717) is 12.0 Å². The van der Waals surface area contributed by atoms with Crippen molar-refractivity contribution in [3.05, 3.63) is 28.7 Å². The molecule has 1 saturated carbocycles. The summed E-state index contributed by atoms with van der Waals surface area (Å²) in [5, 5.41) is 0. The molecule has 0 amide bonds. The minimum Gasteiger partial charge on any atom is -0.370 e. The lowest BCUT2D eigenvalue weighted by Gasteiger charge is -2.35. The van der Waals surface area contributed by atoms with Gasteiger partial charge in [0.05, 0.1) is 18.3 Å². The molecule has 1 aromatic carbocycles. The van der Waals surface area contributed by atoms with Gasteiger partial charge >= 0.3 is 0 Å². The molecule has 1 aromatic rings. The number of hydrogen-bond donors (Lipinski definition) is 1. The van der Waals surface area contributed by atoms with Gasteiger partial charge in [0.2, 0.25) is 0 Å².